The molecule has 0 bridgehead atoms. The number of nitrogen functional groups attached to an aromatic ring is 1. The fraction of sp³-hybridized carbons (Fsp3) is 0.600. The first-order valence-electron chi connectivity index (χ1n) is 7.14. The Morgan fingerprint density at radius 3 is 2.68 bits per heavy atom. The third-order valence-electron chi connectivity index (χ3n) is 4.70. The first kappa shape index (κ1) is 13.2. The van der Waals surface area contributed by atoms with Crippen LogP contribution < -0.4 is 10.6 Å². The largest absolute Gasteiger partial charge is 0.397 e. The van der Waals surface area contributed by atoms with Crippen molar-refractivity contribution in [3.8, 4) is 0 Å². The molecule has 3 rings (SSSR count). The molecule has 2 fully saturated rings. The van der Waals surface area contributed by atoms with Gasteiger partial charge in [-0.3, -0.25) is 0 Å². The Kier molecular flexibility index (Phi) is 3.70. The van der Waals surface area contributed by atoms with Crippen LogP contribution in [0, 0.1) is 17.7 Å². The van der Waals surface area contributed by atoms with E-state index in [4.69, 9.17) is 5.73 Å². The average molecular weight is 327 g/mol. The van der Waals surface area contributed by atoms with E-state index in [1.165, 1.54) is 38.2 Å². The smallest absolute Gasteiger partial charge is 0.139 e. The normalized spacial score (nSPS) is 27.2. The molecule has 1 aromatic rings. The number of benzene rings is 1. The van der Waals surface area contributed by atoms with Crippen molar-refractivity contribution in [1.29, 1.82) is 0 Å². The molecule has 0 aromatic heterocycles. The number of halogens is 2. The summed E-state index contributed by atoms with van der Waals surface area (Å²) in [5.74, 6) is 1.41. The van der Waals surface area contributed by atoms with Crippen molar-refractivity contribution in [2.45, 2.75) is 32.1 Å². The highest BCUT2D eigenvalue weighted by atomic mass is 79.9. The molecule has 0 spiro atoms. The van der Waals surface area contributed by atoms with Crippen molar-refractivity contribution in [3.63, 3.8) is 0 Å². The Bertz CT molecular complexity index is 477. The number of fused-ring (bicyclic) bond motifs is 1. The van der Waals surface area contributed by atoms with Gasteiger partial charge in [0.1, 0.15) is 5.82 Å². The monoisotopic (exact) mass is 326 g/mol. The van der Waals surface area contributed by atoms with Crippen molar-refractivity contribution in [2.75, 3.05) is 23.7 Å². The molecule has 104 valence electrons. The van der Waals surface area contributed by atoms with Gasteiger partial charge in [0.2, 0.25) is 0 Å². The zero-order valence-corrected chi connectivity index (χ0v) is 12.6. The summed E-state index contributed by atoms with van der Waals surface area (Å²) in [5, 5.41) is 0. The molecule has 1 aromatic carbocycles. The Hall–Kier alpha value is -0.770. The summed E-state index contributed by atoms with van der Waals surface area (Å²) in [6, 6.07) is 3.25. The van der Waals surface area contributed by atoms with E-state index in [1.807, 2.05) is 6.07 Å². The van der Waals surface area contributed by atoms with E-state index in [9.17, 15) is 4.39 Å². The number of rotatable bonds is 1. The summed E-state index contributed by atoms with van der Waals surface area (Å²) in [4.78, 5) is 2.34. The summed E-state index contributed by atoms with van der Waals surface area (Å²) in [6.07, 6.45) is 6.73. The molecule has 2 N–H and O–H groups in total. The van der Waals surface area contributed by atoms with Crippen molar-refractivity contribution >= 4 is 27.3 Å². The topological polar surface area (TPSA) is 29.3 Å². The first-order valence-corrected chi connectivity index (χ1v) is 7.94. The molecule has 0 radical (unpaired) electrons. The van der Waals surface area contributed by atoms with Crippen LogP contribution in [0.25, 0.3) is 0 Å². The maximum Gasteiger partial charge on any atom is 0.139 e. The van der Waals surface area contributed by atoms with Crippen LogP contribution in [0.1, 0.15) is 32.1 Å². The molecule has 1 saturated carbocycles. The maximum atomic E-state index is 13.4. The standard InChI is InChI=1S/C15H20BrFN2/c16-12-7-15(14(18)8-13(12)17)19-6-5-10-3-1-2-4-11(10)9-19/h7-8,10-11H,1-6,9,18H2. The van der Waals surface area contributed by atoms with Gasteiger partial charge in [0, 0.05) is 19.2 Å². The molecule has 0 amide bonds. The molecule has 1 saturated heterocycles. The van der Waals surface area contributed by atoms with Gasteiger partial charge in [0.25, 0.3) is 0 Å². The van der Waals surface area contributed by atoms with Gasteiger partial charge in [-0.1, -0.05) is 19.3 Å². The number of anilines is 2. The second kappa shape index (κ2) is 5.31. The van der Waals surface area contributed by atoms with Crippen LogP contribution in [0.15, 0.2) is 16.6 Å². The van der Waals surface area contributed by atoms with Gasteiger partial charge < -0.3 is 10.6 Å². The molecular weight excluding hydrogens is 307 g/mol. The predicted octanol–water partition coefficient (Wildman–Crippen LogP) is 4.19. The van der Waals surface area contributed by atoms with Crippen molar-refractivity contribution < 1.29 is 4.39 Å². The second-order valence-corrected chi connectivity index (χ2v) is 6.72. The van der Waals surface area contributed by atoms with Crippen LogP contribution in [0.3, 0.4) is 0 Å². The highest BCUT2D eigenvalue weighted by Gasteiger charge is 2.31. The van der Waals surface area contributed by atoms with Crippen LogP contribution in [-0.4, -0.2) is 13.1 Å². The highest BCUT2D eigenvalue weighted by molar-refractivity contribution is 9.10. The van der Waals surface area contributed by atoms with E-state index in [2.05, 4.69) is 20.8 Å². The number of hydrogen-bond acceptors (Lipinski definition) is 2. The fourth-order valence-corrected chi connectivity index (χ4v) is 3.98. The minimum atomic E-state index is -0.284. The molecule has 1 aliphatic carbocycles. The van der Waals surface area contributed by atoms with Gasteiger partial charge in [-0.15, -0.1) is 0 Å². The van der Waals surface area contributed by atoms with Crippen LogP contribution in [0.4, 0.5) is 15.8 Å². The SMILES string of the molecule is Nc1cc(F)c(Br)cc1N1CCC2CCCCC2C1. The highest BCUT2D eigenvalue weighted by Crippen LogP contribution is 2.39. The third-order valence-corrected chi connectivity index (χ3v) is 5.31. The van der Waals surface area contributed by atoms with Crippen LogP contribution >= 0.6 is 15.9 Å². The van der Waals surface area contributed by atoms with E-state index >= 15 is 0 Å². The molecule has 2 atom stereocenters. The summed E-state index contributed by atoms with van der Waals surface area (Å²) in [6.45, 7) is 2.12. The third kappa shape index (κ3) is 2.60. The van der Waals surface area contributed by atoms with E-state index in [0.717, 1.165) is 30.6 Å². The van der Waals surface area contributed by atoms with Crippen LogP contribution in [0.5, 0.6) is 0 Å². The number of nitrogens with two attached hydrogens (primary N) is 1. The number of piperidine rings is 1. The van der Waals surface area contributed by atoms with Crippen molar-refractivity contribution in [3.05, 3.63) is 22.4 Å². The van der Waals surface area contributed by atoms with Gasteiger partial charge in [-0.25, -0.2) is 4.39 Å². The lowest BCUT2D eigenvalue weighted by Gasteiger charge is -2.42. The number of nitrogens with zero attached hydrogens (tertiary/aromatic N) is 1. The lowest BCUT2D eigenvalue weighted by molar-refractivity contribution is 0.202. The molecule has 19 heavy (non-hydrogen) atoms. The Morgan fingerprint density at radius 2 is 1.89 bits per heavy atom. The predicted molar refractivity (Wildman–Crippen MR) is 80.8 cm³/mol. The summed E-state index contributed by atoms with van der Waals surface area (Å²) < 4.78 is 14.0. The van der Waals surface area contributed by atoms with Crippen molar-refractivity contribution in [2.24, 2.45) is 11.8 Å². The van der Waals surface area contributed by atoms with E-state index in [0.29, 0.717) is 10.2 Å². The maximum absolute atomic E-state index is 13.4. The molecule has 2 unspecified atom stereocenters. The van der Waals surface area contributed by atoms with E-state index in [-0.39, 0.29) is 5.82 Å². The van der Waals surface area contributed by atoms with Gasteiger partial charge in [0.05, 0.1) is 15.8 Å². The lowest BCUT2D eigenvalue weighted by atomic mass is 9.75. The van der Waals surface area contributed by atoms with Crippen LogP contribution in [0.2, 0.25) is 0 Å². The quantitative estimate of drug-likeness (QED) is 0.784. The van der Waals surface area contributed by atoms with Gasteiger partial charge in [-0.05, 0) is 46.7 Å². The summed E-state index contributed by atoms with van der Waals surface area (Å²) in [7, 11) is 0. The average Bonchev–Trinajstić information content (AvgIpc) is 2.42. The minimum Gasteiger partial charge on any atom is -0.397 e. The molecule has 2 aliphatic rings. The van der Waals surface area contributed by atoms with Crippen LogP contribution in [-0.2, 0) is 0 Å². The van der Waals surface area contributed by atoms with Gasteiger partial charge in [0.15, 0.2) is 0 Å². The minimum absolute atomic E-state index is 0.284. The Labute approximate surface area is 122 Å². The zero-order chi connectivity index (χ0) is 13.4. The fourth-order valence-electron chi connectivity index (χ4n) is 3.65. The van der Waals surface area contributed by atoms with Crippen molar-refractivity contribution in [1.82, 2.24) is 0 Å². The number of hydrogen-bond donors (Lipinski definition) is 1. The molecule has 2 nitrogen and oxygen atoms in total. The lowest BCUT2D eigenvalue weighted by Crippen LogP contribution is -2.42. The second-order valence-electron chi connectivity index (χ2n) is 5.86. The van der Waals surface area contributed by atoms with Gasteiger partial charge in [-0.2, -0.15) is 0 Å². The Morgan fingerprint density at radius 1 is 1.16 bits per heavy atom. The summed E-state index contributed by atoms with van der Waals surface area (Å²) in [5.41, 5.74) is 7.52. The Balaban J connectivity index is 1.81. The molecule has 1 heterocycles. The molecule has 4 heteroatoms. The van der Waals surface area contributed by atoms with E-state index < -0.39 is 0 Å². The molecular formula is C15H20BrFN2. The zero-order valence-electron chi connectivity index (χ0n) is 11.0. The first-order chi connectivity index (χ1) is 9.15. The molecule has 1 aliphatic heterocycles. The summed E-state index contributed by atoms with van der Waals surface area (Å²) >= 11 is 3.26. The van der Waals surface area contributed by atoms with Gasteiger partial charge >= 0.3 is 0 Å². The van der Waals surface area contributed by atoms with E-state index in [1.54, 1.807) is 0 Å².